The van der Waals surface area contributed by atoms with Crippen LogP contribution in [0.5, 0.6) is 0 Å². The number of hydrogen-bond donors (Lipinski definition) is 3. The summed E-state index contributed by atoms with van der Waals surface area (Å²) in [6.45, 7) is 5.33. The van der Waals surface area contributed by atoms with Crippen LogP contribution in [0.2, 0.25) is 0 Å². The summed E-state index contributed by atoms with van der Waals surface area (Å²) >= 11 is 0. The normalized spacial score (nSPS) is 19.2. The smallest absolute Gasteiger partial charge is 0.225 e. The summed E-state index contributed by atoms with van der Waals surface area (Å²) in [6.07, 6.45) is 5.93. The largest absolute Gasteiger partial charge is 0.357 e. The number of aromatic nitrogens is 1. The van der Waals surface area contributed by atoms with Crippen molar-refractivity contribution < 1.29 is 9.59 Å². The van der Waals surface area contributed by atoms with E-state index in [2.05, 4.69) is 44.9 Å². The molecule has 2 fully saturated rings. The third-order valence-electron chi connectivity index (χ3n) is 6.32. The van der Waals surface area contributed by atoms with Gasteiger partial charge in [-0.15, -0.1) is 0 Å². The van der Waals surface area contributed by atoms with Gasteiger partial charge < -0.3 is 20.9 Å². The van der Waals surface area contributed by atoms with E-state index in [0.29, 0.717) is 13.1 Å². The Morgan fingerprint density at radius 1 is 1.13 bits per heavy atom. The number of anilines is 3. The van der Waals surface area contributed by atoms with Crippen LogP contribution in [-0.2, 0) is 16.1 Å². The van der Waals surface area contributed by atoms with Crippen LogP contribution >= 0.6 is 0 Å². The minimum absolute atomic E-state index is 0.0563. The molecule has 2 amide bonds. The molecule has 1 aromatic carbocycles. The van der Waals surface area contributed by atoms with Crippen molar-refractivity contribution in [2.24, 2.45) is 11.8 Å². The predicted octanol–water partition coefficient (Wildman–Crippen LogP) is 3.20. The van der Waals surface area contributed by atoms with Gasteiger partial charge in [-0.2, -0.15) is 0 Å². The van der Waals surface area contributed by atoms with Crippen molar-refractivity contribution in [3.8, 4) is 0 Å². The number of piperidine rings is 1. The van der Waals surface area contributed by atoms with Gasteiger partial charge in [-0.05, 0) is 48.6 Å². The molecule has 1 atom stereocenters. The molecule has 4 rings (SSSR count). The fourth-order valence-electron chi connectivity index (χ4n) is 4.21. The van der Waals surface area contributed by atoms with E-state index < -0.39 is 0 Å². The van der Waals surface area contributed by atoms with Crippen LogP contribution in [0.1, 0.15) is 38.2 Å². The molecule has 0 spiro atoms. The average Bonchev–Trinajstić information content (AvgIpc) is 3.25. The highest BCUT2D eigenvalue weighted by Gasteiger charge is 2.27. The van der Waals surface area contributed by atoms with E-state index in [1.54, 1.807) is 0 Å². The van der Waals surface area contributed by atoms with Crippen molar-refractivity contribution in [1.29, 1.82) is 0 Å². The molecule has 7 heteroatoms. The Kier molecular flexibility index (Phi) is 6.70. The fourth-order valence-corrected chi connectivity index (χ4v) is 4.21. The Hall–Kier alpha value is -3.09. The van der Waals surface area contributed by atoms with E-state index in [1.165, 1.54) is 19.3 Å². The molecule has 31 heavy (non-hydrogen) atoms. The highest BCUT2D eigenvalue weighted by Crippen LogP contribution is 2.25. The van der Waals surface area contributed by atoms with E-state index >= 15 is 0 Å². The number of pyridine rings is 1. The minimum atomic E-state index is -0.262. The number of benzene rings is 1. The molecule has 0 radical (unpaired) electrons. The molecular formula is C24H31N5O2. The Morgan fingerprint density at radius 3 is 2.48 bits per heavy atom. The lowest BCUT2D eigenvalue weighted by Crippen LogP contribution is -2.33. The molecule has 0 bridgehead atoms. The summed E-state index contributed by atoms with van der Waals surface area (Å²) in [7, 11) is 0. The second-order valence-electron chi connectivity index (χ2n) is 8.49. The van der Waals surface area contributed by atoms with Gasteiger partial charge in [-0.1, -0.05) is 25.5 Å². The number of nitrogens with one attached hydrogen (secondary N) is 3. The van der Waals surface area contributed by atoms with Gasteiger partial charge >= 0.3 is 0 Å². The van der Waals surface area contributed by atoms with Gasteiger partial charge in [0.15, 0.2) is 0 Å². The summed E-state index contributed by atoms with van der Waals surface area (Å²) in [5, 5.41) is 8.98. The number of amides is 2. The summed E-state index contributed by atoms with van der Waals surface area (Å²) in [4.78, 5) is 30.4. The molecule has 1 aromatic heterocycles. The fraction of sp³-hybridized carbons (Fsp3) is 0.458. The number of carbonyl (C=O) groups excluding carboxylic acids is 2. The maximum atomic E-state index is 12.1. The summed E-state index contributed by atoms with van der Waals surface area (Å²) in [5.41, 5.74) is 2.94. The van der Waals surface area contributed by atoms with E-state index in [-0.39, 0.29) is 24.2 Å². The summed E-state index contributed by atoms with van der Waals surface area (Å²) in [5.74, 6) is 1.51. The zero-order chi connectivity index (χ0) is 21.6. The number of nitrogens with zero attached hydrogens (tertiary/aromatic N) is 2. The molecule has 0 saturated carbocycles. The number of hydrogen-bond acceptors (Lipinski definition) is 5. The van der Waals surface area contributed by atoms with Crippen LogP contribution in [0, 0.1) is 11.8 Å². The monoisotopic (exact) mass is 421 g/mol. The Balaban J connectivity index is 1.26. The van der Waals surface area contributed by atoms with E-state index in [4.69, 9.17) is 0 Å². The highest BCUT2D eigenvalue weighted by molar-refractivity contribution is 5.89. The van der Waals surface area contributed by atoms with Gasteiger partial charge in [-0.3, -0.25) is 9.59 Å². The zero-order valence-electron chi connectivity index (χ0n) is 18.1. The molecule has 1 unspecified atom stereocenters. The third-order valence-corrected chi connectivity index (χ3v) is 6.32. The molecule has 2 saturated heterocycles. The van der Waals surface area contributed by atoms with E-state index in [9.17, 15) is 9.59 Å². The van der Waals surface area contributed by atoms with Gasteiger partial charge in [0, 0.05) is 38.3 Å². The van der Waals surface area contributed by atoms with Crippen LogP contribution in [0.3, 0.4) is 0 Å². The number of rotatable bonds is 7. The van der Waals surface area contributed by atoms with Crippen LogP contribution in [-0.4, -0.2) is 36.4 Å². The molecule has 3 N–H and O–H groups in total. The van der Waals surface area contributed by atoms with E-state index in [0.717, 1.165) is 41.8 Å². The first-order valence-electron chi connectivity index (χ1n) is 11.2. The molecule has 2 aliphatic rings. The van der Waals surface area contributed by atoms with E-state index in [1.807, 2.05) is 30.5 Å². The molecule has 7 nitrogen and oxygen atoms in total. The SMILES string of the molecule is CCC1CCN(c2ccc(Nc3ccc(CNC(=O)C4CNC(=O)C4)cc3)cn2)CC1. The van der Waals surface area contributed by atoms with Crippen molar-refractivity contribution in [3.05, 3.63) is 48.2 Å². The van der Waals surface area contributed by atoms with Crippen molar-refractivity contribution >= 4 is 29.0 Å². The van der Waals surface area contributed by atoms with Crippen molar-refractivity contribution in [1.82, 2.24) is 15.6 Å². The zero-order valence-corrected chi connectivity index (χ0v) is 18.1. The van der Waals surface area contributed by atoms with Gasteiger partial charge in [-0.25, -0.2) is 4.98 Å². The summed E-state index contributed by atoms with van der Waals surface area (Å²) in [6, 6.07) is 12.1. The predicted molar refractivity (Wildman–Crippen MR) is 122 cm³/mol. The molecule has 164 valence electrons. The summed E-state index contributed by atoms with van der Waals surface area (Å²) < 4.78 is 0. The quantitative estimate of drug-likeness (QED) is 0.639. The molecule has 2 aliphatic heterocycles. The van der Waals surface area contributed by atoms with Crippen molar-refractivity contribution in [2.75, 3.05) is 29.9 Å². The van der Waals surface area contributed by atoms with Crippen LogP contribution in [0.4, 0.5) is 17.2 Å². The molecule has 3 heterocycles. The topological polar surface area (TPSA) is 86.4 Å². The van der Waals surface area contributed by atoms with Crippen LogP contribution in [0.25, 0.3) is 0 Å². The first-order valence-corrected chi connectivity index (χ1v) is 11.2. The van der Waals surface area contributed by atoms with Gasteiger partial charge in [0.05, 0.1) is 17.8 Å². The maximum Gasteiger partial charge on any atom is 0.225 e. The van der Waals surface area contributed by atoms with Crippen LogP contribution < -0.4 is 20.9 Å². The lowest BCUT2D eigenvalue weighted by atomic mass is 9.94. The second kappa shape index (κ2) is 9.81. The molecule has 2 aromatic rings. The Bertz CT molecular complexity index is 889. The standard InChI is InChI=1S/C24H31N5O2/c1-2-17-9-11-29(12-10-17)22-8-7-21(16-25-22)28-20-5-3-18(4-6-20)14-27-24(31)19-13-23(30)26-15-19/h3-8,16-17,19,28H,2,9-15H2,1H3,(H,26,30)(H,27,31). The highest BCUT2D eigenvalue weighted by atomic mass is 16.2. The lowest BCUT2D eigenvalue weighted by molar-refractivity contribution is -0.126. The van der Waals surface area contributed by atoms with Gasteiger partial charge in [0.25, 0.3) is 0 Å². The minimum Gasteiger partial charge on any atom is -0.357 e. The van der Waals surface area contributed by atoms with Crippen molar-refractivity contribution in [2.45, 2.75) is 39.2 Å². The first-order chi connectivity index (χ1) is 15.1. The maximum absolute atomic E-state index is 12.1. The Morgan fingerprint density at radius 2 is 1.87 bits per heavy atom. The molecule has 0 aliphatic carbocycles. The first kappa shape index (κ1) is 21.2. The van der Waals surface area contributed by atoms with Gasteiger partial charge in [0.2, 0.25) is 11.8 Å². The van der Waals surface area contributed by atoms with Crippen molar-refractivity contribution in [3.63, 3.8) is 0 Å². The lowest BCUT2D eigenvalue weighted by Gasteiger charge is -2.32. The molecular weight excluding hydrogens is 390 g/mol. The average molecular weight is 422 g/mol. The van der Waals surface area contributed by atoms with Crippen LogP contribution in [0.15, 0.2) is 42.6 Å². The second-order valence-corrected chi connectivity index (χ2v) is 8.49. The van der Waals surface area contributed by atoms with Gasteiger partial charge in [0.1, 0.15) is 5.82 Å². The third kappa shape index (κ3) is 5.54. The number of carbonyl (C=O) groups is 2. The Labute approximate surface area is 183 Å².